The summed E-state index contributed by atoms with van der Waals surface area (Å²) in [7, 11) is 3.10. The molecule has 4 nitrogen and oxygen atoms in total. The van der Waals surface area contributed by atoms with Crippen LogP contribution in [0.15, 0.2) is 27.7 Å². The lowest BCUT2D eigenvalue weighted by Crippen LogP contribution is -2.01. The Balaban J connectivity index is 2.95. The Morgan fingerprint density at radius 1 is 1.47 bits per heavy atom. The van der Waals surface area contributed by atoms with Crippen molar-refractivity contribution in [3.8, 4) is 0 Å². The van der Waals surface area contributed by atoms with E-state index < -0.39 is 9.05 Å². The maximum absolute atomic E-state index is 11.3. The van der Waals surface area contributed by atoms with Crippen molar-refractivity contribution in [3.63, 3.8) is 0 Å². The number of hydrogen-bond donors (Lipinski definition) is 0. The van der Waals surface area contributed by atoms with Crippen molar-refractivity contribution < 1.29 is 8.42 Å². The fourth-order valence-corrected chi connectivity index (χ4v) is 3.13. The molecule has 2 aromatic rings. The van der Waals surface area contributed by atoms with Gasteiger partial charge in [-0.2, -0.15) is 5.10 Å². The van der Waals surface area contributed by atoms with Gasteiger partial charge in [0.2, 0.25) is 0 Å². The van der Waals surface area contributed by atoms with Gasteiger partial charge in [0.25, 0.3) is 9.05 Å². The van der Waals surface area contributed by atoms with Crippen LogP contribution in [0.25, 0.3) is 10.9 Å². The summed E-state index contributed by atoms with van der Waals surface area (Å²) in [5.41, 5.74) is 0.597. The lowest BCUT2D eigenvalue weighted by molar-refractivity contribution is 0.593. The molecule has 2 rings (SSSR count). The van der Waals surface area contributed by atoms with Gasteiger partial charge in [-0.25, -0.2) is 8.42 Å². The van der Waals surface area contributed by atoms with Gasteiger partial charge in [0, 0.05) is 27.6 Å². The van der Waals surface area contributed by atoms with Gasteiger partial charge in [-0.15, -0.1) is 0 Å². The van der Waals surface area contributed by atoms with Crippen LogP contribution in [0.5, 0.6) is 0 Å². The molecule has 0 aliphatic rings. The van der Waals surface area contributed by atoms with E-state index in [0.29, 0.717) is 10.9 Å². The van der Waals surface area contributed by atoms with Crippen LogP contribution in [0.4, 0.5) is 0 Å². The van der Waals surface area contributed by atoms with Crippen LogP contribution in [-0.2, 0) is 16.1 Å². The van der Waals surface area contributed by atoms with E-state index in [1.165, 1.54) is 4.68 Å². The van der Waals surface area contributed by atoms with Crippen LogP contribution in [0.3, 0.4) is 0 Å². The highest BCUT2D eigenvalue weighted by Crippen LogP contribution is 2.27. The zero-order chi connectivity index (χ0) is 11.2. The van der Waals surface area contributed by atoms with Gasteiger partial charge < -0.3 is 0 Å². The summed E-state index contributed by atoms with van der Waals surface area (Å²) in [5, 5.41) is 4.58. The Bertz CT molecular complexity index is 635. The van der Waals surface area contributed by atoms with Crippen molar-refractivity contribution in [3.05, 3.63) is 22.7 Å². The quantitative estimate of drug-likeness (QED) is 0.759. The van der Waals surface area contributed by atoms with Crippen molar-refractivity contribution in [1.29, 1.82) is 0 Å². The van der Waals surface area contributed by atoms with Gasteiger partial charge in [0.15, 0.2) is 5.03 Å². The second-order valence-electron chi connectivity index (χ2n) is 3.03. The van der Waals surface area contributed by atoms with Crippen LogP contribution in [-0.4, -0.2) is 18.2 Å². The maximum Gasteiger partial charge on any atom is 0.278 e. The molecule has 0 N–H and O–H groups in total. The third-order valence-electron chi connectivity index (χ3n) is 1.97. The van der Waals surface area contributed by atoms with Crippen LogP contribution in [0.2, 0.25) is 0 Å². The van der Waals surface area contributed by atoms with Crippen molar-refractivity contribution in [2.45, 2.75) is 5.03 Å². The molecule has 0 amide bonds. The molecular formula is C8H6BrClN2O2S. The zero-order valence-electron chi connectivity index (χ0n) is 7.61. The fraction of sp³-hybridized carbons (Fsp3) is 0.125. The number of halogens is 2. The minimum Gasteiger partial charge on any atom is -0.255 e. The Labute approximate surface area is 99.4 Å². The van der Waals surface area contributed by atoms with Gasteiger partial charge in [0.05, 0.1) is 5.52 Å². The smallest absolute Gasteiger partial charge is 0.255 e. The molecule has 80 valence electrons. The van der Waals surface area contributed by atoms with Gasteiger partial charge in [-0.1, -0.05) is 15.9 Å². The average molecular weight is 310 g/mol. The Morgan fingerprint density at radius 3 is 2.73 bits per heavy atom. The highest BCUT2D eigenvalue weighted by Gasteiger charge is 2.20. The highest BCUT2D eigenvalue weighted by atomic mass is 79.9. The number of nitrogens with zero attached hydrogens (tertiary/aromatic N) is 2. The summed E-state index contributed by atoms with van der Waals surface area (Å²) >= 11 is 3.27. The monoisotopic (exact) mass is 308 g/mol. The number of aromatic nitrogens is 2. The Morgan fingerprint density at radius 2 is 2.13 bits per heavy atom. The van der Waals surface area contributed by atoms with Gasteiger partial charge in [-0.3, -0.25) is 4.68 Å². The first-order valence-electron chi connectivity index (χ1n) is 3.96. The molecule has 0 atom stereocenters. The summed E-state index contributed by atoms with van der Waals surface area (Å²) in [5.74, 6) is 0. The van der Waals surface area contributed by atoms with Gasteiger partial charge in [0.1, 0.15) is 0 Å². The first kappa shape index (κ1) is 10.9. The standard InChI is InChI=1S/C8H6BrClN2O2S/c1-12-8(15(10,13)14)6-4-5(9)2-3-7(6)11-12/h2-4H,1H3. The molecule has 7 heteroatoms. The van der Waals surface area contributed by atoms with E-state index in [2.05, 4.69) is 21.0 Å². The average Bonchev–Trinajstić information content (AvgIpc) is 2.38. The second-order valence-corrected chi connectivity index (χ2v) is 6.42. The SMILES string of the molecule is Cn1nc2ccc(Br)cc2c1S(=O)(=O)Cl. The second kappa shape index (κ2) is 3.47. The summed E-state index contributed by atoms with van der Waals surface area (Å²) < 4.78 is 24.7. The van der Waals surface area contributed by atoms with E-state index in [1.54, 1.807) is 25.2 Å². The Kier molecular flexibility index (Phi) is 2.52. The molecular weight excluding hydrogens is 304 g/mol. The molecule has 0 aliphatic carbocycles. The van der Waals surface area contributed by atoms with Gasteiger partial charge >= 0.3 is 0 Å². The lowest BCUT2D eigenvalue weighted by atomic mass is 10.3. The first-order valence-corrected chi connectivity index (χ1v) is 7.07. The van der Waals surface area contributed by atoms with Gasteiger partial charge in [-0.05, 0) is 18.2 Å². The normalized spacial score (nSPS) is 12.2. The zero-order valence-corrected chi connectivity index (χ0v) is 10.8. The fourth-order valence-electron chi connectivity index (χ4n) is 1.44. The first-order chi connectivity index (χ1) is 6.89. The highest BCUT2D eigenvalue weighted by molar-refractivity contribution is 9.10. The van der Waals surface area contributed by atoms with Crippen LogP contribution in [0.1, 0.15) is 0 Å². The summed E-state index contributed by atoms with van der Waals surface area (Å²) in [6.07, 6.45) is 0. The molecule has 0 fully saturated rings. The summed E-state index contributed by atoms with van der Waals surface area (Å²) in [4.78, 5) is 0. The molecule has 0 spiro atoms. The summed E-state index contributed by atoms with van der Waals surface area (Å²) in [6.45, 7) is 0. The van der Waals surface area contributed by atoms with E-state index in [0.717, 1.165) is 4.47 Å². The summed E-state index contributed by atoms with van der Waals surface area (Å²) in [6, 6.07) is 5.20. The molecule has 1 aromatic carbocycles. The lowest BCUT2D eigenvalue weighted by Gasteiger charge is -1.96. The van der Waals surface area contributed by atoms with E-state index in [-0.39, 0.29) is 5.03 Å². The maximum atomic E-state index is 11.3. The minimum atomic E-state index is -3.78. The number of fused-ring (bicyclic) bond motifs is 1. The third kappa shape index (κ3) is 1.89. The van der Waals surface area contributed by atoms with E-state index in [4.69, 9.17) is 10.7 Å². The molecule has 1 aromatic heterocycles. The van der Waals surface area contributed by atoms with E-state index in [1.807, 2.05) is 0 Å². The molecule has 0 radical (unpaired) electrons. The number of hydrogen-bond acceptors (Lipinski definition) is 3. The largest absolute Gasteiger partial charge is 0.278 e. The molecule has 15 heavy (non-hydrogen) atoms. The van der Waals surface area contributed by atoms with Crippen LogP contribution in [0, 0.1) is 0 Å². The van der Waals surface area contributed by atoms with E-state index in [9.17, 15) is 8.42 Å². The van der Waals surface area contributed by atoms with Crippen molar-refractivity contribution in [1.82, 2.24) is 9.78 Å². The van der Waals surface area contributed by atoms with Crippen molar-refractivity contribution in [2.75, 3.05) is 0 Å². The van der Waals surface area contributed by atoms with Crippen LogP contribution >= 0.6 is 26.6 Å². The minimum absolute atomic E-state index is 0.0143. The molecule has 0 saturated carbocycles. The molecule has 1 heterocycles. The van der Waals surface area contributed by atoms with Crippen molar-refractivity contribution >= 4 is 46.6 Å². The molecule has 0 saturated heterocycles. The molecule has 0 aliphatic heterocycles. The molecule has 0 bridgehead atoms. The predicted molar refractivity (Wildman–Crippen MR) is 61.5 cm³/mol. The number of rotatable bonds is 1. The van der Waals surface area contributed by atoms with Crippen LogP contribution < -0.4 is 0 Å². The molecule has 0 unspecified atom stereocenters. The van der Waals surface area contributed by atoms with E-state index >= 15 is 0 Å². The third-order valence-corrected chi connectivity index (χ3v) is 3.85. The van der Waals surface area contributed by atoms with Crippen molar-refractivity contribution in [2.24, 2.45) is 7.05 Å². The predicted octanol–water partition coefficient (Wildman–Crippen LogP) is 2.26. The topological polar surface area (TPSA) is 52.0 Å². The Hall–Kier alpha value is -0.590. The number of aryl methyl sites for hydroxylation is 1. The number of benzene rings is 1.